The van der Waals surface area contributed by atoms with Crippen molar-refractivity contribution in [2.45, 2.75) is 39.0 Å². The van der Waals surface area contributed by atoms with Gasteiger partial charge in [0.25, 0.3) is 0 Å². The number of hydrogen-bond acceptors (Lipinski definition) is 3. The average molecular weight is 325 g/mol. The molecule has 0 fully saturated rings. The summed E-state index contributed by atoms with van der Waals surface area (Å²) in [6.07, 6.45) is 2.72. The fourth-order valence-electron chi connectivity index (χ4n) is 2.43. The predicted molar refractivity (Wildman–Crippen MR) is 90.9 cm³/mol. The molecule has 1 N–H and O–H groups in total. The lowest BCUT2D eigenvalue weighted by atomic mass is 10.1. The third kappa shape index (κ3) is 5.47. The molecule has 0 aliphatic rings. The molecule has 1 heterocycles. The highest BCUT2D eigenvalue weighted by Gasteiger charge is 2.09. The number of halogens is 1. The Morgan fingerprint density at radius 1 is 1.29 bits per heavy atom. The van der Waals surface area contributed by atoms with E-state index in [1.165, 1.54) is 0 Å². The number of nitrogens with one attached hydrogen (secondary N) is 1. The number of aryl methyl sites for hydroxylation is 2. The Kier molecular flexibility index (Phi) is 6.44. The van der Waals surface area contributed by atoms with E-state index in [0.717, 1.165) is 24.0 Å². The van der Waals surface area contributed by atoms with Crippen LogP contribution in [0, 0.1) is 24.2 Å². The summed E-state index contributed by atoms with van der Waals surface area (Å²) in [5.74, 6) is -0.583. The second-order valence-corrected chi connectivity index (χ2v) is 5.73. The Morgan fingerprint density at radius 3 is 2.83 bits per heavy atom. The number of aromatic nitrogens is 1. The van der Waals surface area contributed by atoms with Gasteiger partial charge in [0.1, 0.15) is 5.82 Å². The zero-order valence-electron chi connectivity index (χ0n) is 13.7. The van der Waals surface area contributed by atoms with E-state index < -0.39 is 5.95 Å². The number of amides is 1. The van der Waals surface area contributed by atoms with Gasteiger partial charge >= 0.3 is 0 Å². The van der Waals surface area contributed by atoms with Gasteiger partial charge in [-0.05, 0) is 37.8 Å². The summed E-state index contributed by atoms with van der Waals surface area (Å²) in [6, 6.07) is 13.0. The minimum absolute atomic E-state index is 0.214. The van der Waals surface area contributed by atoms with E-state index >= 15 is 0 Å². The second kappa shape index (κ2) is 8.78. The standard InChI is InChI=1S/C19H20FN3O/c1-14-6-5-7-15(12-14)13-18(24)22-17-10-9-16(19(20)23-17)8-3-2-4-11-21/h5-7,9-10,12H,2-4,8,13H2,1H3,(H,22,23,24). The van der Waals surface area contributed by atoms with Crippen LogP contribution in [0.5, 0.6) is 0 Å². The van der Waals surface area contributed by atoms with Crippen molar-refractivity contribution in [2.75, 3.05) is 5.32 Å². The zero-order valence-corrected chi connectivity index (χ0v) is 13.7. The molecule has 0 radical (unpaired) electrons. The maximum atomic E-state index is 14.0. The molecule has 1 amide bonds. The van der Waals surface area contributed by atoms with Crippen LogP contribution in [-0.4, -0.2) is 10.9 Å². The first kappa shape index (κ1) is 17.6. The van der Waals surface area contributed by atoms with E-state index in [1.807, 2.05) is 31.2 Å². The third-order valence-electron chi connectivity index (χ3n) is 3.63. The summed E-state index contributed by atoms with van der Waals surface area (Å²) < 4.78 is 14.0. The van der Waals surface area contributed by atoms with Crippen LogP contribution in [0.2, 0.25) is 0 Å². The van der Waals surface area contributed by atoms with Gasteiger partial charge in [-0.2, -0.15) is 9.65 Å². The molecule has 0 atom stereocenters. The fraction of sp³-hybridized carbons (Fsp3) is 0.316. The number of anilines is 1. The van der Waals surface area contributed by atoms with Gasteiger partial charge in [-0.1, -0.05) is 35.9 Å². The molecule has 124 valence electrons. The number of nitrogens with zero attached hydrogens (tertiary/aromatic N) is 2. The van der Waals surface area contributed by atoms with E-state index in [1.54, 1.807) is 12.1 Å². The highest BCUT2D eigenvalue weighted by Crippen LogP contribution is 2.14. The molecule has 0 bridgehead atoms. The lowest BCUT2D eigenvalue weighted by molar-refractivity contribution is -0.115. The van der Waals surface area contributed by atoms with E-state index in [0.29, 0.717) is 18.4 Å². The molecule has 0 saturated carbocycles. The summed E-state index contributed by atoms with van der Waals surface area (Å²) in [6.45, 7) is 1.97. The zero-order chi connectivity index (χ0) is 17.4. The molecule has 5 heteroatoms. The number of carbonyl (C=O) groups is 1. The molecule has 0 aliphatic carbocycles. The SMILES string of the molecule is Cc1cccc(CC(=O)Nc2ccc(CCCCC#N)c(F)n2)c1. The third-order valence-corrected chi connectivity index (χ3v) is 3.63. The lowest BCUT2D eigenvalue weighted by Crippen LogP contribution is -2.16. The summed E-state index contributed by atoms with van der Waals surface area (Å²) in [4.78, 5) is 15.8. The van der Waals surface area contributed by atoms with Crippen molar-refractivity contribution < 1.29 is 9.18 Å². The van der Waals surface area contributed by atoms with Crippen molar-refractivity contribution in [3.63, 3.8) is 0 Å². The largest absolute Gasteiger partial charge is 0.310 e. The van der Waals surface area contributed by atoms with Crippen LogP contribution < -0.4 is 5.32 Å². The van der Waals surface area contributed by atoms with Crippen molar-refractivity contribution in [1.82, 2.24) is 4.98 Å². The topological polar surface area (TPSA) is 65.8 Å². The first-order valence-electron chi connectivity index (χ1n) is 7.96. The molecule has 0 aliphatic heterocycles. The molecule has 0 saturated heterocycles. The van der Waals surface area contributed by atoms with Crippen LogP contribution in [-0.2, 0) is 17.6 Å². The van der Waals surface area contributed by atoms with Gasteiger partial charge in [-0.25, -0.2) is 4.98 Å². The Balaban J connectivity index is 1.91. The summed E-state index contributed by atoms with van der Waals surface area (Å²) in [5.41, 5.74) is 2.50. The van der Waals surface area contributed by atoms with Gasteiger partial charge in [0.15, 0.2) is 0 Å². The van der Waals surface area contributed by atoms with Gasteiger partial charge in [-0.15, -0.1) is 0 Å². The summed E-state index contributed by atoms with van der Waals surface area (Å²) >= 11 is 0. The number of pyridine rings is 1. The number of nitriles is 1. The monoisotopic (exact) mass is 325 g/mol. The molecule has 24 heavy (non-hydrogen) atoms. The summed E-state index contributed by atoms with van der Waals surface area (Å²) in [5, 5.41) is 11.1. The maximum Gasteiger partial charge on any atom is 0.229 e. The van der Waals surface area contributed by atoms with Crippen molar-refractivity contribution in [2.24, 2.45) is 0 Å². The second-order valence-electron chi connectivity index (χ2n) is 5.73. The van der Waals surface area contributed by atoms with Crippen molar-refractivity contribution in [3.8, 4) is 6.07 Å². The van der Waals surface area contributed by atoms with Crippen LogP contribution in [0.15, 0.2) is 36.4 Å². The highest BCUT2D eigenvalue weighted by molar-refractivity contribution is 5.91. The van der Waals surface area contributed by atoms with Crippen LogP contribution in [0.3, 0.4) is 0 Å². The number of hydrogen-bond donors (Lipinski definition) is 1. The van der Waals surface area contributed by atoms with Crippen molar-refractivity contribution in [3.05, 3.63) is 59.0 Å². The molecule has 0 spiro atoms. The number of benzene rings is 1. The molecule has 2 rings (SSSR count). The van der Waals surface area contributed by atoms with E-state index in [2.05, 4.69) is 16.4 Å². The smallest absolute Gasteiger partial charge is 0.229 e. The van der Waals surface area contributed by atoms with Crippen LogP contribution in [0.4, 0.5) is 10.2 Å². The van der Waals surface area contributed by atoms with Crippen molar-refractivity contribution >= 4 is 11.7 Å². The summed E-state index contributed by atoms with van der Waals surface area (Å²) in [7, 11) is 0. The first-order valence-corrected chi connectivity index (χ1v) is 7.96. The van der Waals surface area contributed by atoms with Gasteiger partial charge in [0.05, 0.1) is 12.5 Å². The van der Waals surface area contributed by atoms with Crippen LogP contribution >= 0.6 is 0 Å². The lowest BCUT2D eigenvalue weighted by Gasteiger charge is -2.07. The Bertz CT molecular complexity index is 753. The van der Waals surface area contributed by atoms with Gasteiger partial charge < -0.3 is 5.32 Å². The molecule has 2 aromatic rings. The molecule has 0 unspecified atom stereocenters. The number of unbranched alkanes of at least 4 members (excludes halogenated alkanes) is 2. The number of rotatable bonds is 7. The molecular weight excluding hydrogens is 305 g/mol. The predicted octanol–water partition coefficient (Wildman–Crippen LogP) is 3.95. The highest BCUT2D eigenvalue weighted by atomic mass is 19.1. The molecule has 4 nitrogen and oxygen atoms in total. The number of carbonyl (C=O) groups excluding carboxylic acids is 1. The van der Waals surface area contributed by atoms with Gasteiger partial charge in [0.2, 0.25) is 11.9 Å². The first-order chi connectivity index (χ1) is 11.6. The van der Waals surface area contributed by atoms with Crippen molar-refractivity contribution in [1.29, 1.82) is 5.26 Å². The van der Waals surface area contributed by atoms with Crippen LogP contribution in [0.1, 0.15) is 36.0 Å². The quantitative estimate of drug-likeness (QED) is 0.619. The Hall–Kier alpha value is -2.74. The average Bonchev–Trinajstić information content (AvgIpc) is 2.53. The molecular formula is C19H20FN3O. The van der Waals surface area contributed by atoms with E-state index in [-0.39, 0.29) is 18.1 Å². The fourth-order valence-corrected chi connectivity index (χ4v) is 2.43. The molecule has 1 aromatic heterocycles. The van der Waals surface area contributed by atoms with E-state index in [9.17, 15) is 9.18 Å². The normalized spacial score (nSPS) is 10.2. The minimum atomic E-state index is -0.569. The van der Waals surface area contributed by atoms with Gasteiger partial charge in [-0.3, -0.25) is 4.79 Å². The Labute approximate surface area is 141 Å². The Morgan fingerprint density at radius 2 is 2.12 bits per heavy atom. The van der Waals surface area contributed by atoms with E-state index in [4.69, 9.17) is 5.26 Å². The van der Waals surface area contributed by atoms with Gasteiger partial charge in [0, 0.05) is 12.0 Å². The minimum Gasteiger partial charge on any atom is -0.310 e. The maximum absolute atomic E-state index is 14.0. The molecule has 1 aromatic carbocycles. The van der Waals surface area contributed by atoms with Crippen LogP contribution in [0.25, 0.3) is 0 Å².